The summed E-state index contributed by atoms with van der Waals surface area (Å²) in [7, 11) is 0. The first-order valence-corrected chi connectivity index (χ1v) is 8.20. The first-order valence-electron chi connectivity index (χ1n) is 8.20. The molecule has 0 atom stereocenters. The average molecular weight is 352 g/mol. The topological polar surface area (TPSA) is 79.2 Å². The van der Waals surface area contributed by atoms with E-state index in [0.29, 0.717) is 12.1 Å². The summed E-state index contributed by atoms with van der Waals surface area (Å²) in [6.07, 6.45) is 6.09. The van der Waals surface area contributed by atoms with E-state index in [-0.39, 0.29) is 11.4 Å². The lowest BCUT2D eigenvalue weighted by Gasteiger charge is -2.20. The predicted octanol–water partition coefficient (Wildman–Crippen LogP) is 4.95. The number of aryl methyl sites for hydroxylation is 1. The van der Waals surface area contributed by atoms with Gasteiger partial charge in [-0.2, -0.15) is 5.26 Å². The van der Waals surface area contributed by atoms with Gasteiger partial charge in [0.25, 0.3) is 0 Å². The summed E-state index contributed by atoms with van der Waals surface area (Å²) in [4.78, 5) is 23.8. The number of hydrogen-bond acceptors (Lipinski definition) is 4. The molecular formula is C21H24N2O3. The number of hydrogen-bond donors (Lipinski definition) is 1. The molecular weight excluding hydrogens is 328 g/mol. The Labute approximate surface area is 154 Å². The maximum absolute atomic E-state index is 12.0. The zero-order valence-corrected chi connectivity index (χ0v) is 15.6. The number of anilines is 1. The number of allylic oxidation sites excluding steroid dienone is 4. The van der Waals surface area contributed by atoms with Crippen molar-refractivity contribution in [3.63, 3.8) is 0 Å². The molecule has 0 unspecified atom stereocenters. The molecule has 5 heteroatoms. The number of ether oxygens (including phenoxy) is 1. The Balaban J connectivity index is 2.84. The fraction of sp³-hybridized carbons (Fsp3) is 0.286. The summed E-state index contributed by atoms with van der Waals surface area (Å²) in [5.74, 6) is -0.358. The molecule has 0 fully saturated rings. The summed E-state index contributed by atoms with van der Waals surface area (Å²) in [5.41, 5.74) is 1.76. The summed E-state index contributed by atoms with van der Waals surface area (Å²) in [6.45, 7) is 10.8. The van der Waals surface area contributed by atoms with E-state index in [1.807, 2.05) is 19.1 Å². The lowest BCUT2D eigenvalue weighted by atomic mass is 10.1. The standard InChI is InChI=1S/C21H24N2O3/c1-6-7-8-17(14-22)19(24)12-10-16-9-11-18(15(2)13-16)23-20(25)26-21(3,4)5/h6,8-13H,1,7H2,2-5H3,(H,23,25)/b12-10+,17-8+. The van der Waals surface area contributed by atoms with E-state index in [4.69, 9.17) is 10.00 Å². The van der Waals surface area contributed by atoms with E-state index in [2.05, 4.69) is 11.9 Å². The number of rotatable bonds is 6. The molecule has 0 spiro atoms. The Morgan fingerprint density at radius 2 is 2.04 bits per heavy atom. The van der Waals surface area contributed by atoms with E-state index < -0.39 is 11.7 Å². The maximum atomic E-state index is 12.0. The molecule has 0 heterocycles. The van der Waals surface area contributed by atoms with Crippen molar-refractivity contribution in [3.05, 3.63) is 59.7 Å². The normalized spacial score (nSPS) is 11.7. The van der Waals surface area contributed by atoms with Crippen LogP contribution in [0.3, 0.4) is 0 Å². The second kappa shape index (κ2) is 9.38. The number of amides is 1. The minimum Gasteiger partial charge on any atom is -0.444 e. The van der Waals surface area contributed by atoms with Gasteiger partial charge in [-0.25, -0.2) is 4.79 Å². The van der Waals surface area contributed by atoms with Gasteiger partial charge in [-0.15, -0.1) is 6.58 Å². The lowest BCUT2D eigenvalue weighted by Crippen LogP contribution is -2.27. The first kappa shape index (κ1) is 20.9. The molecule has 5 nitrogen and oxygen atoms in total. The molecule has 1 aromatic rings. The van der Waals surface area contributed by atoms with Crippen molar-refractivity contribution in [3.8, 4) is 6.07 Å². The van der Waals surface area contributed by atoms with Crippen molar-refractivity contribution >= 4 is 23.6 Å². The lowest BCUT2D eigenvalue weighted by molar-refractivity contribution is -0.110. The number of benzene rings is 1. The number of nitrogens with one attached hydrogen (secondary N) is 1. The third-order valence-corrected chi connectivity index (χ3v) is 3.19. The molecule has 136 valence electrons. The highest BCUT2D eigenvalue weighted by Gasteiger charge is 2.16. The summed E-state index contributed by atoms with van der Waals surface area (Å²) in [5, 5.41) is 11.7. The largest absolute Gasteiger partial charge is 0.444 e. The number of carbonyl (C=O) groups excluding carboxylic acids is 2. The molecule has 0 aliphatic heterocycles. The van der Waals surface area contributed by atoms with Crippen molar-refractivity contribution in [2.45, 2.75) is 39.7 Å². The maximum Gasteiger partial charge on any atom is 0.412 e. The Morgan fingerprint density at radius 3 is 2.58 bits per heavy atom. The van der Waals surface area contributed by atoms with Crippen LogP contribution >= 0.6 is 0 Å². The molecule has 1 rings (SSSR count). The molecule has 0 radical (unpaired) electrons. The fourth-order valence-electron chi connectivity index (χ4n) is 2.01. The van der Waals surface area contributed by atoms with Crippen LogP contribution in [0.5, 0.6) is 0 Å². The molecule has 0 aromatic heterocycles. The van der Waals surface area contributed by atoms with Crippen LogP contribution in [-0.2, 0) is 9.53 Å². The van der Waals surface area contributed by atoms with Gasteiger partial charge in [0.1, 0.15) is 11.7 Å². The molecule has 0 bridgehead atoms. The van der Waals surface area contributed by atoms with Crippen LogP contribution in [0, 0.1) is 18.3 Å². The molecule has 1 aromatic carbocycles. The molecule has 0 saturated carbocycles. The average Bonchev–Trinajstić information content (AvgIpc) is 2.54. The molecule has 26 heavy (non-hydrogen) atoms. The Kier molecular flexibility index (Phi) is 7.54. The monoisotopic (exact) mass is 352 g/mol. The van der Waals surface area contributed by atoms with Crippen LogP contribution in [-0.4, -0.2) is 17.5 Å². The van der Waals surface area contributed by atoms with E-state index in [0.717, 1.165) is 11.1 Å². The van der Waals surface area contributed by atoms with Crippen LogP contribution in [0.2, 0.25) is 0 Å². The minimum atomic E-state index is -0.571. The van der Waals surface area contributed by atoms with Gasteiger partial charge in [0.05, 0.1) is 5.57 Å². The zero-order valence-electron chi connectivity index (χ0n) is 15.6. The second-order valence-corrected chi connectivity index (χ2v) is 6.65. The summed E-state index contributed by atoms with van der Waals surface area (Å²) >= 11 is 0. The summed E-state index contributed by atoms with van der Waals surface area (Å²) < 4.78 is 5.22. The number of carbonyl (C=O) groups is 2. The van der Waals surface area contributed by atoms with Gasteiger partial charge in [-0.05, 0) is 63.5 Å². The first-order chi connectivity index (χ1) is 12.2. The third kappa shape index (κ3) is 7.18. The molecule has 1 amide bonds. The van der Waals surface area contributed by atoms with Crippen LogP contribution in [0.1, 0.15) is 38.3 Å². The molecule has 1 N–H and O–H groups in total. The fourth-order valence-corrected chi connectivity index (χ4v) is 2.01. The van der Waals surface area contributed by atoms with Gasteiger partial charge < -0.3 is 4.74 Å². The van der Waals surface area contributed by atoms with Crippen LogP contribution in [0.15, 0.2) is 48.6 Å². The van der Waals surface area contributed by atoms with Crippen LogP contribution in [0.4, 0.5) is 10.5 Å². The zero-order chi connectivity index (χ0) is 19.7. The number of nitriles is 1. The summed E-state index contributed by atoms with van der Waals surface area (Å²) in [6, 6.07) is 7.22. The van der Waals surface area contributed by atoms with Crippen LogP contribution < -0.4 is 5.32 Å². The molecule has 0 saturated heterocycles. The number of ketones is 1. The number of nitrogens with zero attached hydrogens (tertiary/aromatic N) is 1. The SMILES string of the molecule is C=CC/C=C(\C#N)C(=O)/C=C/c1ccc(NC(=O)OC(C)(C)C)c(C)c1. The van der Waals surface area contributed by atoms with Gasteiger partial charge in [0, 0.05) is 5.69 Å². The van der Waals surface area contributed by atoms with E-state index in [1.54, 1.807) is 51.1 Å². The Morgan fingerprint density at radius 1 is 1.35 bits per heavy atom. The van der Waals surface area contributed by atoms with Crippen molar-refractivity contribution in [1.82, 2.24) is 0 Å². The smallest absolute Gasteiger partial charge is 0.412 e. The van der Waals surface area contributed by atoms with Gasteiger partial charge in [0.15, 0.2) is 5.78 Å². The molecule has 0 aliphatic rings. The highest BCUT2D eigenvalue weighted by atomic mass is 16.6. The quantitative estimate of drug-likeness (QED) is 0.446. The highest BCUT2D eigenvalue weighted by molar-refractivity contribution is 6.09. The predicted molar refractivity (Wildman–Crippen MR) is 104 cm³/mol. The minimum absolute atomic E-state index is 0.0843. The van der Waals surface area contributed by atoms with Crippen molar-refractivity contribution < 1.29 is 14.3 Å². The molecule has 0 aliphatic carbocycles. The van der Waals surface area contributed by atoms with Crippen molar-refractivity contribution in [2.75, 3.05) is 5.32 Å². The van der Waals surface area contributed by atoms with Gasteiger partial charge in [-0.1, -0.05) is 24.3 Å². The van der Waals surface area contributed by atoms with E-state index in [1.165, 1.54) is 6.08 Å². The Hall–Kier alpha value is -3.13. The van der Waals surface area contributed by atoms with E-state index in [9.17, 15) is 9.59 Å². The Bertz CT molecular complexity index is 790. The van der Waals surface area contributed by atoms with Gasteiger partial charge in [0.2, 0.25) is 0 Å². The van der Waals surface area contributed by atoms with Crippen molar-refractivity contribution in [2.24, 2.45) is 0 Å². The van der Waals surface area contributed by atoms with Crippen LogP contribution in [0.25, 0.3) is 6.08 Å². The van der Waals surface area contributed by atoms with Crippen molar-refractivity contribution in [1.29, 1.82) is 5.26 Å². The highest BCUT2D eigenvalue weighted by Crippen LogP contribution is 2.19. The van der Waals surface area contributed by atoms with Gasteiger partial charge >= 0.3 is 6.09 Å². The third-order valence-electron chi connectivity index (χ3n) is 3.19. The van der Waals surface area contributed by atoms with Gasteiger partial charge in [-0.3, -0.25) is 10.1 Å². The van der Waals surface area contributed by atoms with E-state index >= 15 is 0 Å². The second-order valence-electron chi connectivity index (χ2n) is 6.65.